The number of benzene rings is 1. The number of hydrogen-bond acceptors (Lipinski definition) is 3. The van der Waals surface area contributed by atoms with Crippen molar-refractivity contribution in [2.24, 2.45) is 0 Å². The highest BCUT2D eigenvalue weighted by Gasteiger charge is 2.30. The zero-order chi connectivity index (χ0) is 16.4. The summed E-state index contributed by atoms with van der Waals surface area (Å²) in [5.41, 5.74) is 0.499. The van der Waals surface area contributed by atoms with E-state index >= 15 is 0 Å². The van der Waals surface area contributed by atoms with E-state index in [1.165, 1.54) is 6.07 Å². The van der Waals surface area contributed by atoms with E-state index in [2.05, 4.69) is 4.90 Å². The molecule has 2 aliphatic rings. The molecular formula is C17H22F2N2O2. The van der Waals surface area contributed by atoms with Crippen LogP contribution in [0.15, 0.2) is 18.2 Å². The summed E-state index contributed by atoms with van der Waals surface area (Å²) in [6.45, 7) is 3.02. The van der Waals surface area contributed by atoms with Gasteiger partial charge in [-0.25, -0.2) is 8.78 Å². The second-order valence-electron chi connectivity index (χ2n) is 6.47. The Labute approximate surface area is 134 Å². The molecular weight excluding hydrogens is 302 g/mol. The van der Waals surface area contributed by atoms with Crippen molar-refractivity contribution in [2.75, 3.05) is 26.2 Å². The molecule has 4 nitrogen and oxygen atoms in total. The van der Waals surface area contributed by atoms with Gasteiger partial charge in [-0.15, -0.1) is 0 Å². The first kappa shape index (κ1) is 16.3. The van der Waals surface area contributed by atoms with E-state index in [0.717, 1.165) is 44.5 Å². The number of carbonyl (C=O) groups excluding carboxylic acids is 1. The zero-order valence-electron chi connectivity index (χ0n) is 13.0. The highest BCUT2D eigenvalue weighted by molar-refractivity contribution is 5.78. The Morgan fingerprint density at radius 3 is 2.48 bits per heavy atom. The molecule has 23 heavy (non-hydrogen) atoms. The minimum Gasteiger partial charge on any atom is -0.392 e. The molecule has 6 heteroatoms. The summed E-state index contributed by atoms with van der Waals surface area (Å²) in [4.78, 5) is 16.4. The predicted octanol–water partition coefficient (Wildman–Crippen LogP) is 1.56. The van der Waals surface area contributed by atoms with Gasteiger partial charge >= 0.3 is 0 Å². The Hall–Kier alpha value is -1.53. The topological polar surface area (TPSA) is 43.8 Å². The van der Waals surface area contributed by atoms with Crippen molar-refractivity contribution < 1.29 is 18.7 Å². The van der Waals surface area contributed by atoms with Crippen molar-refractivity contribution in [3.8, 4) is 0 Å². The lowest BCUT2D eigenvalue weighted by Crippen LogP contribution is -2.46. The first-order valence-corrected chi connectivity index (χ1v) is 8.17. The molecule has 2 aliphatic heterocycles. The smallest absolute Gasteiger partial charge is 0.226 e. The molecule has 0 aromatic heterocycles. The lowest BCUT2D eigenvalue weighted by Gasteiger charge is -2.36. The highest BCUT2D eigenvalue weighted by Crippen LogP contribution is 2.22. The molecule has 0 bridgehead atoms. The molecule has 0 saturated carbocycles. The molecule has 1 N–H and O–H groups in total. The molecule has 2 fully saturated rings. The molecule has 1 aromatic carbocycles. The average Bonchev–Trinajstić information content (AvgIpc) is 2.97. The third-order valence-electron chi connectivity index (χ3n) is 4.87. The van der Waals surface area contributed by atoms with Gasteiger partial charge in [0.1, 0.15) is 0 Å². The number of aliphatic hydroxyl groups excluding tert-OH is 1. The number of aliphatic hydroxyl groups is 1. The molecule has 0 radical (unpaired) electrons. The maximum atomic E-state index is 13.2. The van der Waals surface area contributed by atoms with Crippen molar-refractivity contribution >= 4 is 5.91 Å². The lowest BCUT2D eigenvalue weighted by atomic mass is 10.0. The van der Waals surface area contributed by atoms with Crippen molar-refractivity contribution in [3.05, 3.63) is 35.4 Å². The second kappa shape index (κ2) is 6.93. The van der Waals surface area contributed by atoms with E-state index in [1.807, 2.05) is 0 Å². The van der Waals surface area contributed by atoms with Gasteiger partial charge in [0.05, 0.1) is 12.5 Å². The number of halogens is 2. The summed E-state index contributed by atoms with van der Waals surface area (Å²) < 4.78 is 26.1. The Kier molecular flexibility index (Phi) is 4.92. The summed E-state index contributed by atoms with van der Waals surface area (Å²) >= 11 is 0. The molecule has 0 aliphatic carbocycles. The van der Waals surface area contributed by atoms with Crippen LogP contribution in [0.2, 0.25) is 0 Å². The van der Waals surface area contributed by atoms with Crippen molar-refractivity contribution in [1.82, 2.24) is 9.80 Å². The molecule has 1 amide bonds. The van der Waals surface area contributed by atoms with Gasteiger partial charge in [-0.05, 0) is 37.0 Å². The van der Waals surface area contributed by atoms with E-state index in [4.69, 9.17) is 0 Å². The van der Waals surface area contributed by atoms with Gasteiger partial charge in [-0.2, -0.15) is 0 Å². The van der Waals surface area contributed by atoms with E-state index < -0.39 is 11.6 Å². The van der Waals surface area contributed by atoms with Gasteiger partial charge in [0.25, 0.3) is 0 Å². The van der Waals surface area contributed by atoms with Gasteiger partial charge in [-0.1, -0.05) is 6.07 Å². The number of amides is 1. The number of carbonyl (C=O) groups is 1. The highest BCUT2D eigenvalue weighted by atomic mass is 19.2. The van der Waals surface area contributed by atoms with Crippen LogP contribution in [-0.2, 0) is 11.2 Å². The third-order valence-corrected chi connectivity index (χ3v) is 4.87. The molecule has 2 saturated heterocycles. The number of hydrogen-bond donors (Lipinski definition) is 1. The molecule has 1 aromatic rings. The van der Waals surface area contributed by atoms with E-state index in [-0.39, 0.29) is 18.4 Å². The van der Waals surface area contributed by atoms with E-state index in [0.29, 0.717) is 24.7 Å². The molecule has 3 rings (SSSR count). The van der Waals surface area contributed by atoms with Gasteiger partial charge in [0.15, 0.2) is 11.6 Å². The van der Waals surface area contributed by atoms with Gasteiger partial charge in [0, 0.05) is 32.2 Å². The van der Waals surface area contributed by atoms with Crippen molar-refractivity contribution in [1.29, 1.82) is 0 Å². The maximum Gasteiger partial charge on any atom is 0.226 e. The number of nitrogens with zero attached hydrogens (tertiary/aromatic N) is 2. The third kappa shape index (κ3) is 3.87. The van der Waals surface area contributed by atoms with E-state index in [1.54, 1.807) is 4.90 Å². The first-order valence-electron chi connectivity index (χ1n) is 8.17. The second-order valence-corrected chi connectivity index (χ2v) is 6.47. The Bertz CT molecular complexity index is 574. The van der Waals surface area contributed by atoms with Crippen LogP contribution in [0.5, 0.6) is 0 Å². The van der Waals surface area contributed by atoms with Crippen molar-refractivity contribution in [3.63, 3.8) is 0 Å². The molecule has 2 heterocycles. The van der Waals surface area contributed by atoms with Crippen LogP contribution in [-0.4, -0.2) is 59.1 Å². The SMILES string of the molecule is O=C(Cc1ccc(F)c(F)c1)N1CCC(N2CCC(O)C2)CC1. The summed E-state index contributed by atoms with van der Waals surface area (Å²) in [6.07, 6.45) is 2.51. The fourth-order valence-electron chi connectivity index (χ4n) is 3.52. The monoisotopic (exact) mass is 324 g/mol. The van der Waals surface area contributed by atoms with Gasteiger partial charge in [0.2, 0.25) is 5.91 Å². The Balaban J connectivity index is 1.51. The van der Waals surface area contributed by atoms with Crippen LogP contribution in [0.3, 0.4) is 0 Å². The summed E-state index contributed by atoms with van der Waals surface area (Å²) in [6, 6.07) is 4.03. The Morgan fingerprint density at radius 2 is 1.87 bits per heavy atom. The molecule has 1 unspecified atom stereocenters. The number of β-amino-alcohol motifs (C(OH)–C–C–N with tert-alkyl or cyclic N) is 1. The zero-order valence-corrected chi connectivity index (χ0v) is 13.0. The number of likely N-dealkylation sites (tertiary alicyclic amines) is 2. The minimum absolute atomic E-state index is 0.0454. The molecule has 126 valence electrons. The first-order chi connectivity index (χ1) is 11.0. The van der Waals surface area contributed by atoms with Crippen molar-refractivity contribution in [2.45, 2.75) is 37.8 Å². The van der Waals surface area contributed by atoms with Gasteiger partial charge < -0.3 is 10.0 Å². The summed E-state index contributed by atoms with van der Waals surface area (Å²) in [5.74, 6) is -1.85. The number of rotatable bonds is 3. The maximum absolute atomic E-state index is 13.2. The normalized spacial score (nSPS) is 23.4. The standard InChI is InChI=1S/C17H22F2N2O2/c18-15-2-1-12(9-16(15)19)10-17(23)20-6-3-13(4-7-20)21-8-5-14(22)11-21/h1-2,9,13-14,22H,3-8,10-11H2. The largest absolute Gasteiger partial charge is 0.392 e. The minimum atomic E-state index is -0.915. The van der Waals surface area contributed by atoms with Crippen LogP contribution in [0, 0.1) is 11.6 Å². The van der Waals surface area contributed by atoms with Crippen LogP contribution in [0.1, 0.15) is 24.8 Å². The van der Waals surface area contributed by atoms with E-state index in [9.17, 15) is 18.7 Å². The molecule has 0 spiro atoms. The Morgan fingerprint density at radius 1 is 1.13 bits per heavy atom. The predicted molar refractivity (Wildman–Crippen MR) is 81.9 cm³/mol. The van der Waals surface area contributed by atoms with Crippen LogP contribution < -0.4 is 0 Å². The quantitative estimate of drug-likeness (QED) is 0.918. The lowest BCUT2D eigenvalue weighted by molar-refractivity contribution is -0.132. The molecule has 1 atom stereocenters. The van der Waals surface area contributed by atoms with Gasteiger partial charge in [-0.3, -0.25) is 9.69 Å². The summed E-state index contributed by atoms with van der Waals surface area (Å²) in [5, 5.41) is 9.61. The number of piperidine rings is 1. The fourth-order valence-corrected chi connectivity index (χ4v) is 3.52. The fraction of sp³-hybridized carbons (Fsp3) is 0.588. The van der Waals surface area contributed by atoms with Crippen LogP contribution in [0.25, 0.3) is 0 Å². The summed E-state index contributed by atoms with van der Waals surface area (Å²) in [7, 11) is 0. The van der Waals surface area contributed by atoms with Crippen LogP contribution >= 0.6 is 0 Å². The van der Waals surface area contributed by atoms with Crippen LogP contribution in [0.4, 0.5) is 8.78 Å². The average molecular weight is 324 g/mol.